The Morgan fingerprint density at radius 1 is 0.917 bits per heavy atom. The van der Waals surface area contributed by atoms with E-state index in [1.165, 1.54) is 5.69 Å². The molecule has 0 spiro atoms. The number of carbonyl (C=O) groups is 2. The topological polar surface area (TPSA) is 63.7 Å². The van der Waals surface area contributed by atoms with E-state index in [-0.39, 0.29) is 23.7 Å². The minimum absolute atomic E-state index is 0.0455. The molecule has 0 unspecified atom stereocenters. The Labute approximate surface area is 142 Å². The molecule has 0 N–H and O–H groups in total. The molecular formula is C19H23N2O3-. The highest BCUT2D eigenvalue weighted by molar-refractivity contribution is 5.86. The third kappa shape index (κ3) is 2.56. The monoisotopic (exact) mass is 327 g/mol. The van der Waals surface area contributed by atoms with Crippen molar-refractivity contribution in [2.45, 2.75) is 19.3 Å². The molecule has 2 aliphatic carbocycles. The lowest BCUT2D eigenvalue weighted by Gasteiger charge is -2.40. The molecule has 1 aliphatic heterocycles. The normalized spacial score (nSPS) is 32.2. The predicted octanol–water partition coefficient (Wildman–Crippen LogP) is 0.747. The molecule has 1 heterocycles. The SMILES string of the molecule is O=C([O-])[C@H]1[C@@H]2CC[C@H](C2)[C@@H]1C(=O)N1CCN(c2ccccc2)CC1. The third-order valence-corrected chi connectivity index (χ3v) is 6.19. The Bertz CT molecular complexity index is 625. The summed E-state index contributed by atoms with van der Waals surface area (Å²) in [6.45, 7) is 2.93. The minimum Gasteiger partial charge on any atom is -0.550 e. The smallest absolute Gasteiger partial charge is 0.226 e. The van der Waals surface area contributed by atoms with E-state index in [0.717, 1.165) is 32.4 Å². The fourth-order valence-electron chi connectivity index (χ4n) is 5.02. The number of anilines is 1. The van der Waals surface area contributed by atoms with Crippen molar-refractivity contribution in [1.82, 2.24) is 4.90 Å². The number of piperazine rings is 1. The number of amides is 1. The maximum atomic E-state index is 13.0. The van der Waals surface area contributed by atoms with Gasteiger partial charge < -0.3 is 19.7 Å². The molecule has 128 valence electrons. The Balaban J connectivity index is 1.42. The number of hydrogen-bond acceptors (Lipinski definition) is 4. The number of carboxylic acids is 1. The molecule has 1 saturated heterocycles. The van der Waals surface area contributed by atoms with Crippen LogP contribution in [0, 0.1) is 23.7 Å². The van der Waals surface area contributed by atoms with Crippen LogP contribution in [0.3, 0.4) is 0 Å². The van der Waals surface area contributed by atoms with Crippen molar-refractivity contribution < 1.29 is 14.7 Å². The number of fused-ring (bicyclic) bond motifs is 2. The highest BCUT2D eigenvalue weighted by Crippen LogP contribution is 2.52. The molecule has 2 saturated carbocycles. The largest absolute Gasteiger partial charge is 0.550 e. The van der Waals surface area contributed by atoms with Gasteiger partial charge in [0, 0.05) is 49.7 Å². The van der Waals surface area contributed by atoms with Gasteiger partial charge in [-0.1, -0.05) is 18.2 Å². The molecule has 4 atom stereocenters. The summed E-state index contributed by atoms with van der Waals surface area (Å²) in [5, 5.41) is 11.5. The first-order chi connectivity index (χ1) is 11.6. The van der Waals surface area contributed by atoms with Crippen LogP contribution in [0.15, 0.2) is 30.3 Å². The van der Waals surface area contributed by atoms with Crippen LogP contribution in [0.1, 0.15) is 19.3 Å². The standard InChI is InChI=1S/C19H24N2O3/c22-18(16-13-6-7-14(12-13)17(16)19(23)24)21-10-8-20(9-11-21)15-4-2-1-3-5-15/h1-5,13-14,16-17H,6-12H2,(H,23,24)/p-1/t13-,14-,16+,17+/m1/s1. The Hall–Kier alpha value is -2.04. The van der Waals surface area contributed by atoms with Crippen molar-refractivity contribution in [3.63, 3.8) is 0 Å². The molecule has 1 aromatic rings. The van der Waals surface area contributed by atoms with Crippen LogP contribution in [-0.2, 0) is 9.59 Å². The average Bonchev–Trinajstić information content (AvgIpc) is 3.23. The summed E-state index contributed by atoms with van der Waals surface area (Å²) in [6.07, 6.45) is 2.82. The first-order valence-electron chi connectivity index (χ1n) is 8.95. The van der Waals surface area contributed by atoms with Crippen molar-refractivity contribution in [2.24, 2.45) is 23.7 Å². The van der Waals surface area contributed by atoms with Crippen molar-refractivity contribution in [3.8, 4) is 0 Å². The first-order valence-corrected chi connectivity index (χ1v) is 8.95. The van der Waals surface area contributed by atoms with Crippen LogP contribution >= 0.6 is 0 Å². The van der Waals surface area contributed by atoms with Crippen molar-refractivity contribution >= 4 is 17.6 Å². The van der Waals surface area contributed by atoms with Gasteiger partial charge in [-0.15, -0.1) is 0 Å². The second-order valence-electron chi connectivity index (χ2n) is 7.35. The molecule has 5 nitrogen and oxygen atoms in total. The van der Waals surface area contributed by atoms with E-state index < -0.39 is 11.9 Å². The molecular weight excluding hydrogens is 304 g/mol. The van der Waals surface area contributed by atoms with Crippen molar-refractivity contribution in [2.75, 3.05) is 31.1 Å². The number of benzene rings is 1. The van der Waals surface area contributed by atoms with E-state index in [0.29, 0.717) is 13.1 Å². The van der Waals surface area contributed by atoms with Gasteiger partial charge >= 0.3 is 0 Å². The Kier molecular flexibility index (Phi) is 3.94. The van der Waals surface area contributed by atoms with Gasteiger partial charge in [-0.2, -0.15) is 0 Å². The average molecular weight is 327 g/mol. The zero-order chi connectivity index (χ0) is 16.7. The molecule has 4 rings (SSSR count). The number of aliphatic carboxylic acids is 1. The maximum absolute atomic E-state index is 13.0. The number of carboxylic acid groups (broad SMARTS) is 1. The van der Waals surface area contributed by atoms with Crippen LogP contribution in [0.2, 0.25) is 0 Å². The molecule has 24 heavy (non-hydrogen) atoms. The summed E-state index contributed by atoms with van der Waals surface area (Å²) in [5.41, 5.74) is 1.18. The minimum atomic E-state index is -1.02. The molecule has 1 aromatic carbocycles. The van der Waals surface area contributed by atoms with Gasteiger partial charge in [0.1, 0.15) is 0 Å². The molecule has 0 aromatic heterocycles. The summed E-state index contributed by atoms with van der Waals surface area (Å²) in [7, 11) is 0. The van der Waals surface area contributed by atoms with Crippen LogP contribution in [0.5, 0.6) is 0 Å². The van der Waals surface area contributed by atoms with Crippen LogP contribution in [0.4, 0.5) is 5.69 Å². The maximum Gasteiger partial charge on any atom is 0.226 e. The lowest BCUT2D eigenvalue weighted by atomic mass is 9.78. The number of carbonyl (C=O) groups excluding carboxylic acids is 2. The molecule has 3 fully saturated rings. The molecule has 2 bridgehead atoms. The van der Waals surface area contributed by atoms with E-state index in [4.69, 9.17) is 0 Å². The van der Waals surface area contributed by atoms with Gasteiger partial charge in [0.2, 0.25) is 5.91 Å². The number of nitrogens with zero attached hydrogens (tertiary/aromatic N) is 2. The summed E-state index contributed by atoms with van der Waals surface area (Å²) >= 11 is 0. The Morgan fingerprint density at radius 2 is 1.54 bits per heavy atom. The second-order valence-corrected chi connectivity index (χ2v) is 7.35. The number of hydrogen-bond donors (Lipinski definition) is 0. The van der Waals surface area contributed by atoms with Gasteiger partial charge in [-0.3, -0.25) is 4.79 Å². The van der Waals surface area contributed by atoms with Crippen LogP contribution < -0.4 is 10.0 Å². The van der Waals surface area contributed by atoms with E-state index in [9.17, 15) is 14.7 Å². The fraction of sp³-hybridized carbons (Fsp3) is 0.579. The predicted molar refractivity (Wildman–Crippen MR) is 88.1 cm³/mol. The second kappa shape index (κ2) is 6.11. The lowest BCUT2D eigenvalue weighted by molar-refractivity contribution is -0.314. The van der Waals surface area contributed by atoms with E-state index >= 15 is 0 Å². The highest BCUT2D eigenvalue weighted by atomic mass is 16.4. The lowest BCUT2D eigenvalue weighted by Crippen LogP contribution is -2.53. The quantitative estimate of drug-likeness (QED) is 0.822. The van der Waals surface area contributed by atoms with Gasteiger partial charge in [-0.05, 0) is 43.2 Å². The van der Waals surface area contributed by atoms with Gasteiger partial charge in [0.25, 0.3) is 0 Å². The van der Waals surface area contributed by atoms with Crippen molar-refractivity contribution in [1.29, 1.82) is 0 Å². The summed E-state index contributed by atoms with van der Waals surface area (Å²) in [6, 6.07) is 10.2. The first kappa shape index (κ1) is 15.5. The van der Waals surface area contributed by atoms with Gasteiger partial charge in [-0.25, -0.2) is 0 Å². The molecule has 5 heteroatoms. The van der Waals surface area contributed by atoms with E-state index in [1.807, 2.05) is 23.1 Å². The number of para-hydroxylation sites is 1. The number of rotatable bonds is 3. The summed E-state index contributed by atoms with van der Waals surface area (Å²) in [5.74, 6) is -1.50. The van der Waals surface area contributed by atoms with E-state index in [2.05, 4.69) is 17.0 Å². The zero-order valence-electron chi connectivity index (χ0n) is 13.8. The molecule has 1 amide bonds. The summed E-state index contributed by atoms with van der Waals surface area (Å²) < 4.78 is 0. The van der Waals surface area contributed by atoms with Crippen LogP contribution in [0.25, 0.3) is 0 Å². The summed E-state index contributed by atoms with van der Waals surface area (Å²) in [4.78, 5) is 28.7. The van der Waals surface area contributed by atoms with Crippen LogP contribution in [-0.4, -0.2) is 43.0 Å². The Morgan fingerprint density at radius 3 is 2.17 bits per heavy atom. The third-order valence-electron chi connectivity index (χ3n) is 6.19. The van der Waals surface area contributed by atoms with Gasteiger partial charge in [0.15, 0.2) is 0 Å². The zero-order valence-corrected chi connectivity index (χ0v) is 13.8. The van der Waals surface area contributed by atoms with Gasteiger partial charge in [0.05, 0.1) is 0 Å². The molecule has 3 aliphatic rings. The fourth-order valence-corrected chi connectivity index (χ4v) is 5.02. The molecule has 0 radical (unpaired) electrons. The van der Waals surface area contributed by atoms with E-state index in [1.54, 1.807) is 0 Å². The highest BCUT2D eigenvalue weighted by Gasteiger charge is 2.52. The van der Waals surface area contributed by atoms with Crippen molar-refractivity contribution in [3.05, 3.63) is 30.3 Å².